The number of nitrogens with one attached hydrogen (secondary N) is 1. The first-order valence-electron chi connectivity index (χ1n) is 15.5. The first-order chi connectivity index (χ1) is 20.5. The van der Waals surface area contributed by atoms with Crippen molar-refractivity contribution >= 4 is 23.9 Å². The number of carbonyl (C=O) groups excluding carboxylic acids is 4. The Morgan fingerprint density at radius 3 is 2.49 bits per heavy atom. The number of benzene rings is 1. The van der Waals surface area contributed by atoms with Gasteiger partial charge in [0.1, 0.15) is 5.60 Å². The lowest BCUT2D eigenvalue weighted by atomic mass is 9.91. The predicted octanol–water partition coefficient (Wildman–Crippen LogP) is 3.92. The number of carbonyl (C=O) groups is 4. The molecule has 3 heterocycles. The van der Waals surface area contributed by atoms with Crippen LogP contribution in [0.15, 0.2) is 18.2 Å². The summed E-state index contributed by atoms with van der Waals surface area (Å²) in [5, 5.41) is 2.95. The van der Waals surface area contributed by atoms with Gasteiger partial charge in [0.2, 0.25) is 18.6 Å². The third-order valence-corrected chi connectivity index (χ3v) is 8.45. The van der Waals surface area contributed by atoms with E-state index in [4.69, 9.17) is 18.9 Å². The lowest BCUT2D eigenvalue weighted by molar-refractivity contribution is -0.145. The van der Waals surface area contributed by atoms with Crippen LogP contribution in [0.4, 0.5) is 4.79 Å². The van der Waals surface area contributed by atoms with Crippen LogP contribution in [0.5, 0.6) is 11.5 Å². The van der Waals surface area contributed by atoms with Gasteiger partial charge in [-0.05, 0) is 89.3 Å². The third-order valence-electron chi connectivity index (χ3n) is 8.45. The van der Waals surface area contributed by atoms with Crippen LogP contribution >= 0.6 is 0 Å². The summed E-state index contributed by atoms with van der Waals surface area (Å²) in [4.78, 5) is 54.5. The number of amides is 3. The number of nitrogens with zero attached hydrogens (tertiary/aromatic N) is 2. The summed E-state index contributed by atoms with van der Waals surface area (Å²) in [6.45, 7) is 8.30. The SMILES string of the molecule is COC(=O)[C@H](CCc1ccc2c(c1)OCO2)CNC(=O)[C@@H]1CCCN(C(=O)CCC2CCN(C(=O)OC(C)(C)C)CC2)C1. The average Bonchev–Trinajstić information content (AvgIpc) is 3.47. The zero-order valence-corrected chi connectivity index (χ0v) is 26.0. The third kappa shape index (κ3) is 9.49. The second kappa shape index (κ2) is 14.8. The van der Waals surface area contributed by atoms with Crippen molar-refractivity contribution in [2.45, 2.75) is 77.7 Å². The number of methoxy groups -OCH3 is 1. The normalized spacial score (nSPS) is 19.5. The smallest absolute Gasteiger partial charge is 0.410 e. The van der Waals surface area contributed by atoms with Crippen molar-refractivity contribution in [1.82, 2.24) is 15.1 Å². The summed E-state index contributed by atoms with van der Waals surface area (Å²) >= 11 is 0. The van der Waals surface area contributed by atoms with Gasteiger partial charge in [-0.3, -0.25) is 14.4 Å². The highest BCUT2D eigenvalue weighted by molar-refractivity contribution is 5.82. The van der Waals surface area contributed by atoms with Crippen LogP contribution in [-0.2, 0) is 30.3 Å². The number of hydrogen-bond donors (Lipinski definition) is 1. The molecule has 11 nitrogen and oxygen atoms in total. The van der Waals surface area contributed by atoms with E-state index in [2.05, 4.69) is 5.32 Å². The Kier molecular flexibility index (Phi) is 11.2. The largest absolute Gasteiger partial charge is 0.469 e. The molecule has 0 bridgehead atoms. The molecule has 4 rings (SSSR count). The summed E-state index contributed by atoms with van der Waals surface area (Å²) in [5.41, 5.74) is 0.501. The average molecular weight is 602 g/mol. The number of ether oxygens (including phenoxy) is 4. The minimum Gasteiger partial charge on any atom is -0.469 e. The fourth-order valence-electron chi connectivity index (χ4n) is 5.91. The number of rotatable bonds is 10. The Balaban J connectivity index is 1.18. The molecule has 43 heavy (non-hydrogen) atoms. The van der Waals surface area contributed by atoms with E-state index in [0.29, 0.717) is 69.3 Å². The minimum absolute atomic E-state index is 0.0724. The summed E-state index contributed by atoms with van der Waals surface area (Å²) in [7, 11) is 1.35. The first-order valence-corrected chi connectivity index (χ1v) is 15.5. The van der Waals surface area contributed by atoms with Crippen molar-refractivity contribution in [3.63, 3.8) is 0 Å². The highest BCUT2D eigenvalue weighted by Gasteiger charge is 2.31. The monoisotopic (exact) mass is 601 g/mol. The Morgan fingerprint density at radius 1 is 1.02 bits per heavy atom. The second-order valence-corrected chi connectivity index (χ2v) is 12.8. The number of likely N-dealkylation sites (tertiary alicyclic amines) is 2. The molecule has 0 spiro atoms. The van der Waals surface area contributed by atoms with Gasteiger partial charge in [0.05, 0.1) is 18.9 Å². The molecular formula is C32H47N3O8. The molecule has 238 valence electrons. The molecule has 2 fully saturated rings. The first kappa shape index (κ1) is 32.4. The van der Waals surface area contributed by atoms with Crippen LogP contribution in [0.25, 0.3) is 0 Å². The molecule has 1 N–H and O–H groups in total. The number of aryl methyl sites for hydroxylation is 1. The van der Waals surface area contributed by atoms with E-state index in [1.807, 2.05) is 39.0 Å². The standard InChI is InChI=1S/C32H47N3O8/c1-32(2,3)43-31(39)34-16-13-22(14-17-34)9-12-28(36)35-15-5-6-25(20-35)29(37)33-19-24(30(38)40-4)10-7-23-8-11-26-27(18-23)42-21-41-26/h8,11,18,22,24-25H,5-7,9-10,12-17,19-21H2,1-4H3,(H,33,37)/t24-,25-/m1/s1. The Labute approximate surface area is 254 Å². The molecule has 0 unspecified atom stereocenters. The molecule has 0 aromatic heterocycles. The van der Waals surface area contributed by atoms with Gasteiger partial charge in [-0.25, -0.2) is 4.79 Å². The van der Waals surface area contributed by atoms with Crippen molar-refractivity contribution < 1.29 is 38.1 Å². The van der Waals surface area contributed by atoms with Crippen molar-refractivity contribution in [2.24, 2.45) is 17.8 Å². The maximum atomic E-state index is 13.1. The van der Waals surface area contributed by atoms with E-state index in [9.17, 15) is 19.2 Å². The van der Waals surface area contributed by atoms with Gasteiger partial charge >= 0.3 is 12.1 Å². The van der Waals surface area contributed by atoms with Gasteiger partial charge < -0.3 is 34.1 Å². The molecule has 3 aliphatic heterocycles. The van der Waals surface area contributed by atoms with Crippen LogP contribution < -0.4 is 14.8 Å². The van der Waals surface area contributed by atoms with E-state index in [1.54, 1.807) is 9.80 Å². The van der Waals surface area contributed by atoms with Gasteiger partial charge in [0.25, 0.3) is 0 Å². The molecule has 0 saturated carbocycles. The number of hydrogen-bond acceptors (Lipinski definition) is 8. The Hall–Kier alpha value is -3.50. The van der Waals surface area contributed by atoms with E-state index in [-0.39, 0.29) is 43.1 Å². The van der Waals surface area contributed by atoms with Crippen molar-refractivity contribution in [1.29, 1.82) is 0 Å². The van der Waals surface area contributed by atoms with Crippen molar-refractivity contribution in [2.75, 3.05) is 46.6 Å². The Morgan fingerprint density at radius 2 is 1.77 bits per heavy atom. The van der Waals surface area contributed by atoms with Crippen LogP contribution in [0.2, 0.25) is 0 Å². The lowest BCUT2D eigenvalue weighted by Crippen LogP contribution is -2.46. The highest BCUT2D eigenvalue weighted by atomic mass is 16.7. The van der Waals surface area contributed by atoms with Gasteiger partial charge in [-0.2, -0.15) is 0 Å². The molecular weight excluding hydrogens is 554 g/mol. The number of piperidine rings is 2. The second-order valence-electron chi connectivity index (χ2n) is 12.8. The molecule has 1 aromatic carbocycles. The lowest BCUT2D eigenvalue weighted by Gasteiger charge is -2.34. The van der Waals surface area contributed by atoms with Crippen LogP contribution in [-0.4, -0.2) is 85.9 Å². The maximum absolute atomic E-state index is 13.1. The fourth-order valence-corrected chi connectivity index (χ4v) is 5.91. The predicted molar refractivity (Wildman–Crippen MR) is 158 cm³/mol. The summed E-state index contributed by atoms with van der Waals surface area (Å²) in [5.74, 6) is 0.580. The van der Waals surface area contributed by atoms with E-state index < -0.39 is 11.5 Å². The highest BCUT2D eigenvalue weighted by Crippen LogP contribution is 2.33. The molecule has 3 aliphatic rings. The van der Waals surface area contributed by atoms with Crippen LogP contribution in [0, 0.1) is 17.8 Å². The molecule has 1 aromatic rings. The fraction of sp³-hybridized carbons (Fsp3) is 0.688. The van der Waals surface area contributed by atoms with E-state index in [0.717, 1.165) is 31.2 Å². The van der Waals surface area contributed by atoms with Crippen LogP contribution in [0.3, 0.4) is 0 Å². The summed E-state index contributed by atoms with van der Waals surface area (Å²) < 4.78 is 21.3. The summed E-state index contributed by atoms with van der Waals surface area (Å²) in [6.07, 6.45) is 5.26. The van der Waals surface area contributed by atoms with E-state index in [1.165, 1.54) is 7.11 Å². The van der Waals surface area contributed by atoms with Crippen molar-refractivity contribution in [3.8, 4) is 11.5 Å². The van der Waals surface area contributed by atoms with Crippen molar-refractivity contribution in [3.05, 3.63) is 23.8 Å². The quantitative estimate of drug-likeness (QED) is 0.401. The minimum atomic E-state index is -0.512. The molecule has 0 radical (unpaired) electrons. The maximum Gasteiger partial charge on any atom is 0.410 e. The van der Waals surface area contributed by atoms with Gasteiger partial charge in [-0.1, -0.05) is 6.07 Å². The topological polar surface area (TPSA) is 124 Å². The molecule has 0 aliphatic carbocycles. The summed E-state index contributed by atoms with van der Waals surface area (Å²) in [6, 6.07) is 5.72. The van der Waals surface area contributed by atoms with Gasteiger partial charge in [-0.15, -0.1) is 0 Å². The number of fused-ring (bicyclic) bond motifs is 1. The Bertz CT molecular complexity index is 1140. The molecule has 3 amide bonds. The molecule has 11 heteroatoms. The van der Waals surface area contributed by atoms with Gasteiger partial charge in [0, 0.05) is 39.1 Å². The van der Waals surface area contributed by atoms with Gasteiger partial charge in [0.15, 0.2) is 11.5 Å². The van der Waals surface area contributed by atoms with Crippen LogP contribution in [0.1, 0.15) is 71.3 Å². The number of esters is 1. The zero-order valence-electron chi connectivity index (χ0n) is 26.0. The molecule has 2 atom stereocenters. The zero-order chi connectivity index (χ0) is 31.0. The molecule has 2 saturated heterocycles. The van der Waals surface area contributed by atoms with E-state index >= 15 is 0 Å².